The molecule has 0 atom stereocenters. The van der Waals surface area contributed by atoms with Crippen molar-refractivity contribution in [1.82, 2.24) is 0 Å². The molecule has 88 valence electrons. The predicted molar refractivity (Wildman–Crippen MR) is 62.2 cm³/mol. The maximum Gasteiger partial charge on any atom is 0.239 e. The molecule has 1 rings (SSSR count). The summed E-state index contributed by atoms with van der Waals surface area (Å²) in [6.07, 6.45) is 0. The zero-order valence-electron chi connectivity index (χ0n) is 7.91. The van der Waals surface area contributed by atoms with Crippen LogP contribution in [0.5, 0.6) is 0 Å². The third kappa shape index (κ3) is 3.34. The lowest BCUT2D eigenvalue weighted by Gasteiger charge is -2.06. The summed E-state index contributed by atoms with van der Waals surface area (Å²) in [7, 11) is -3.91. The number of hydrogen-bond acceptors (Lipinski definition) is 3. The van der Waals surface area contributed by atoms with Crippen molar-refractivity contribution < 1.29 is 13.2 Å². The Balaban J connectivity index is 3.13. The Kier molecular flexibility index (Phi) is 4.15. The smallest absolute Gasteiger partial charge is 0.239 e. The average Bonchev–Trinajstić information content (AvgIpc) is 2.19. The lowest BCUT2D eigenvalue weighted by atomic mass is 10.3. The molecule has 1 amide bonds. The number of sulfonamides is 1. The number of nitrogens with one attached hydrogen (secondary N) is 1. The lowest BCUT2D eigenvalue weighted by molar-refractivity contribution is -0.113. The van der Waals surface area contributed by atoms with Crippen LogP contribution in [0.2, 0.25) is 5.02 Å². The van der Waals surface area contributed by atoms with Crippen molar-refractivity contribution in [2.24, 2.45) is 5.14 Å². The van der Waals surface area contributed by atoms with Gasteiger partial charge in [0, 0.05) is 5.69 Å². The highest BCUT2D eigenvalue weighted by molar-refractivity contribution is 7.89. The fraction of sp³-hybridized carbons (Fsp3) is 0.125. The molecule has 0 aliphatic carbocycles. The molecule has 3 N–H and O–H groups in total. The van der Waals surface area contributed by atoms with Crippen molar-refractivity contribution in [3.05, 3.63) is 23.2 Å². The number of hydrogen-bond donors (Lipinski definition) is 2. The molecule has 0 aliphatic rings. The summed E-state index contributed by atoms with van der Waals surface area (Å²) in [5.74, 6) is -0.683. The topological polar surface area (TPSA) is 89.3 Å². The zero-order valence-corrected chi connectivity index (χ0v) is 10.2. The molecule has 8 heteroatoms. The third-order valence-corrected chi connectivity index (χ3v) is 3.28. The highest BCUT2D eigenvalue weighted by Gasteiger charge is 2.14. The molecule has 0 heterocycles. The van der Waals surface area contributed by atoms with Crippen molar-refractivity contribution in [2.45, 2.75) is 4.90 Å². The first-order valence-electron chi connectivity index (χ1n) is 4.03. The Morgan fingerprint density at radius 3 is 2.56 bits per heavy atom. The van der Waals surface area contributed by atoms with Gasteiger partial charge in [0.15, 0.2) is 0 Å². The molecule has 0 aliphatic heterocycles. The number of alkyl halides is 1. The first-order valence-corrected chi connectivity index (χ1v) is 6.48. The van der Waals surface area contributed by atoms with Crippen molar-refractivity contribution in [2.75, 3.05) is 11.2 Å². The number of primary sulfonamides is 1. The minimum Gasteiger partial charge on any atom is -0.325 e. The van der Waals surface area contributed by atoms with Gasteiger partial charge in [-0.1, -0.05) is 11.6 Å². The molecule has 0 radical (unpaired) electrons. The minimum absolute atomic E-state index is 0.00799. The number of nitrogens with two attached hydrogens (primary N) is 1. The quantitative estimate of drug-likeness (QED) is 0.816. The Hall–Kier alpha value is -0.820. The Morgan fingerprint density at radius 1 is 1.44 bits per heavy atom. The summed E-state index contributed by atoms with van der Waals surface area (Å²) in [6.45, 7) is 0. The molecule has 5 nitrogen and oxygen atoms in total. The van der Waals surface area contributed by atoms with Gasteiger partial charge in [-0.15, -0.1) is 11.6 Å². The fourth-order valence-corrected chi connectivity index (χ4v) is 2.13. The van der Waals surface area contributed by atoms with Gasteiger partial charge in [-0.3, -0.25) is 4.79 Å². The third-order valence-electron chi connectivity index (χ3n) is 1.64. The van der Waals surface area contributed by atoms with Crippen LogP contribution in [-0.4, -0.2) is 20.2 Å². The van der Waals surface area contributed by atoms with Crippen LogP contribution in [0.3, 0.4) is 0 Å². The molecule has 0 bridgehead atoms. The lowest BCUT2D eigenvalue weighted by Crippen LogP contribution is -2.15. The predicted octanol–water partition coefficient (Wildman–Crippen LogP) is 1.16. The number of benzene rings is 1. The summed E-state index contributed by atoms with van der Waals surface area (Å²) in [5.41, 5.74) is 0.263. The van der Waals surface area contributed by atoms with Crippen LogP contribution < -0.4 is 10.5 Å². The van der Waals surface area contributed by atoms with E-state index in [4.69, 9.17) is 28.3 Å². The molecule has 0 spiro atoms. The fourth-order valence-electron chi connectivity index (χ4n) is 0.994. The second-order valence-electron chi connectivity index (χ2n) is 2.87. The summed E-state index contributed by atoms with van der Waals surface area (Å²) < 4.78 is 22.2. The summed E-state index contributed by atoms with van der Waals surface area (Å²) in [6, 6.07) is 3.94. The van der Waals surface area contributed by atoms with Gasteiger partial charge < -0.3 is 5.32 Å². The van der Waals surface area contributed by atoms with Crippen molar-refractivity contribution in [3.63, 3.8) is 0 Å². The van der Waals surface area contributed by atoms with E-state index in [9.17, 15) is 13.2 Å². The van der Waals surface area contributed by atoms with E-state index in [0.717, 1.165) is 0 Å². The van der Waals surface area contributed by atoms with E-state index in [1.165, 1.54) is 18.2 Å². The van der Waals surface area contributed by atoms with E-state index in [1.807, 2.05) is 0 Å². The SMILES string of the molecule is NS(=O)(=O)c1cc(NC(=O)CCl)ccc1Cl. The van der Waals surface area contributed by atoms with Crippen LogP contribution in [0.15, 0.2) is 23.1 Å². The molecule has 0 fully saturated rings. The van der Waals surface area contributed by atoms with Crippen LogP contribution in [-0.2, 0) is 14.8 Å². The maximum atomic E-state index is 11.1. The Labute approximate surface area is 103 Å². The monoisotopic (exact) mass is 282 g/mol. The van der Waals surface area contributed by atoms with E-state index in [0.29, 0.717) is 0 Å². The summed E-state index contributed by atoms with van der Waals surface area (Å²) in [4.78, 5) is 10.7. The van der Waals surface area contributed by atoms with Gasteiger partial charge >= 0.3 is 0 Å². The van der Waals surface area contributed by atoms with Crippen LogP contribution in [0.1, 0.15) is 0 Å². The van der Waals surface area contributed by atoms with E-state index >= 15 is 0 Å². The summed E-state index contributed by atoms with van der Waals surface area (Å²) in [5, 5.41) is 7.31. The molecular weight excluding hydrogens is 275 g/mol. The number of anilines is 1. The Morgan fingerprint density at radius 2 is 2.06 bits per heavy atom. The van der Waals surface area contributed by atoms with Gasteiger partial charge in [-0.2, -0.15) is 0 Å². The summed E-state index contributed by atoms with van der Waals surface area (Å²) >= 11 is 10.9. The van der Waals surface area contributed by atoms with Crippen LogP contribution in [0, 0.1) is 0 Å². The van der Waals surface area contributed by atoms with Crippen LogP contribution in [0.4, 0.5) is 5.69 Å². The standard InChI is InChI=1S/C8H8Cl2N2O3S/c9-4-8(13)12-5-1-2-6(10)7(3-5)16(11,14)15/h1-3H,4H2,(H,12,13)(H2,11,14,15). The molecule has 1 aromatic rings. The largest absolute Gasteiger partial charge is 0.325 e. The highest BCUT2D eigenvalue weighted by atomic mass is 35.5. The first-order chi connectivity index (χ1) is 7.34. The number of halogens is 2. The zero-order chi connectivity index (χ0) is 12.3. The molecular formula is C8H8Cl2N2O3S. The normalized spacial score (nSPS) is 11.2. The molecule has 1 aromatic carbocycles. The van der Waals surface area contributed by atoms with Gasteiger partial charge in [0.05, 0.1) is 5.02 Å². The first kappa shape index (κ1) is 13.2. The van der Waals surface area contributed by atoms with E-state index in [-0.39, 0.29) is 21.5 Å². The van der Waals surface area contributed by atoms with Crippen molar-refractivity contribution >= 4 is 44.8 Å². The van der Waals surface area contributed by atoms with Crippen molar-refractivity contribution in [1.29, 1.82) is 0 Å². The maximum absolute atomic E-state index is 11.1. The average molecular weight is 283 g/mol. The van der Waals surface area contributed by atoms with Gasteiger partial charge in [0.25, 0.3) is 0 Å². The number of carbonyl (C=O) groups is 1. The van der Waals surface area contributed by atoms with Gasteiger partial charge in [0.2, 0.25) is 15.9 Å². The second-order valence-corrected chi connectivity index (χ2v) is 5.08. The number of rotatable bonds is 3. The van der Waals surface area contributed by atoms with E-state index < -0.39 is 15.9 Å². The van der Waals surface area contributed by atoms with Crippen molar-refractivity contribution in [3.8, 4) is 0 Å². The van der Waals surface area contributed by atoms with Crippen LogP contribution in [0.25, 0.3) is 0 Å². The van der Waals surface area contributed by atoms with Gasteiger partial charge in [-0.05, 0) is 18.2 Å². The van der Waals surface area contributed by atoms with Gasteiger partial charge in [0.1, 0.15) is 10.8 Å². The molecule has 0 unspecified atom stereocenters. The molecule has 16 heavy (non-hydrogen) atoms. The molecule has 0 saturated carbocycles. The second kappa shape index (κ2) is 5.01. The Bertz CT molecular complexity index is 516. The van der Waals surface area contributed by atoms with E-state index in [1.54, 1.807) is 0 Å². The van der Waals surface area contributed by atoms with Gasteiger partial charge in [-0.25, -0.2) is 13.6 Å². The minimum atomic E-state index is -3.91. The van der Waals surface area contributed by atoms with Crippen LogP contribution >= 0.6 is 23.2 Å². The number of carbonyl (C=O) groups excluding carboxylic acids is 1. The molecule has 0 saturated heterocycles. The highest BCUT2D eigenvalue weighted by Crippen LogP contribution is 2.23. The van der Waals surface area contributed by atoms with E-state index in [2.05, 4.69) is 5.32 Å². The number of amides is 1. The molecule has 0 aromatic heterocycles.